The molecule has 2 aromatic rings. The summed E-state index contributed by atoms with van der Waals surface area (Å²) in [4.78, 5) is 0. The third-order valence-corrected chi connectivity index (χ3v) is 4.04. The Morgan fingerprint density at radius 1 is 1.20 bits per heavy atom. The van der Waals surface area contributed by atoms with Crippen molar-refractivity contribution in [1.29, 1.82) is 0 Å². The van der Waals surface area contributed by atoms with Crippen LogP contribution in [0.1, 0.15) is 29.4 Å². The van der Waals surface area contributed by atoms with E-state index in [1.54, 1.807) is 0 Å². The molecule has 0 N–H and O–H groups in total. The molecule has 0 aliphatic carbocycles. The zero-order valence-electron chi connectivity index (χ0n) is 12.6. The maximum atomic E-state index is 6.18. The van der Waals surface area contributed by atoms with Gasteiger partial charge in [0.15, 0.2) is 0 Å². The first-order valence-corrected chi connectivity index (χ1v) is 7.80. The van der Waals surface area contributed by atoms with Crippen LogP contribution >= 0.6 is 11.6 Å². The van der Waals surface area contributed by atoms with Gasteiger partial charge in [0.25, 0.3) is 0 Å². The third-order valence-electron chi connectivity index (χ3n) is 3.61. The average Bonchev–Trinajstić information content (AvgIpc) is 2.78. The van der Waals surface area contributed by atoms with Crippen molar-refractivity contribution in [3.8, 4) is 0 Å². The summed E-state index contributed by atoms with van der Waals surface area (Å²) in [6.45, 7) is 7.23. The molecule has 1 aromatic carbocycles. The van der Waals surface area contributed by atoms with E-state index in [0.29, 0.717) is 11.8 Å². The predicted octanol–water partition coefficient (Wildman–Crippen LogP) is 4.16. The highest BCUT2D eigenvalue weighted by Crippen LogP contribution is 2.18. The van der Waals surface area contributed by atoms with Crippen LogP contribution in [0.2, 0.25) is 0 Å². The third kappa shape index (κ3) is 3.86. The minimum absolute atomic E-state index is 0.458. The van der Waals surface area contributed by atoms with Crippen molar-refractivity contribution in [2.75, 3.05) is 5.88 Å². The van der Waals surface area contributed by atoms with Gasteiger partial charge in [-0.05, 0) is 51.2 Å². The maximum absolute atomic E-state index is 6.18. The Balaban J connectivity index is 2.08. The molecule has 1 atom stereocenters. The van der Waals surface area contributed by atoms with Gasteiger partial charge in [0, 0.05) is 18.1 Å². The minimum atomic E-state index is 0.458. The molecule has 0 bridgehead atoms. The Labute approximate surface area is 126 Å². The highest BCUT2D eigenvalue weighted by Gasteiger charge is 2.13. The van der Waals surface area contributed by atoms with E-state index >= 15 is 0 Å². The van der Waals surface area contributed by atoms with E-state index in [9.17, 15) is 0 Å². The molecule has 0 fully saturated rings. The van der Waals surface area contributed by atoms with Gasteiger partial charge in [0.1, 0.15) is 0 Å². The van der Waals surface area contributed by atoms with Crippen molar-refractivity contribution < 1.29 is 0 Å². The summed E-state index contributed by atoms with van der Waals surface area (Å²) in [6, 6.07) is 10.9. The van der Waals surface area contributed by atoms with Gasteiger partial charge in [-0.15, -0.1) is 11.6 Å². The summed E-state index contributed by atoms with van der Waals surface area (Å²) in [5.74, 6) is 1.14. The molecular weight excluding hydrogens is 268 g/mol. The fraction of sp³-hybridized carbons (Fsp3) is 0.471. The van der Waals surface area contributed by atoms with Crippen LogP contribution in [0.25, 0.3) is 0 Å². The first-order chi connectivity index (χ1) is 9.62. The number of aromatic nitrogens is 2. The van der Waals surface area contributed by atoms with Crippen LogP contribution in [-0.2, 0) is 19.4 Å². The SMILES string of the molecule is CCn1nc(C)cc1CC(CCl)Cc1cccc(C)c1. The molecule has 2 rings (SSSR count). The van der Waals surface area contributed by atoms with Crippen molar-refractivity contribution in [2.24, 2.45) is 5.92 Å². The topological polar surface area (TPSA) is 17.8 Å². The smallest absolute Gasteiger partial charge is 0.0596 e. The standard InChI is InChI=1S/C17H23ClN2/c1-4-20-17(9-14(3)19-20)11-16(12-18)10-15-7-5-6-13(2)8-15/h5-9,16H,4,10-12H2,1-3H3. The number of hydrogen-bond donors (Lipinski definition) is 0. The van der Waals surface area contributed by atoms with E-state index < -0.39 is 0 Å². The molecule has 1 heterocycles. The molecule has 0 saturated carbocycles. The fourth-order valence-electron chi connectivity index (χ4n) is 2.69. The second-order valence-electron chi connectivity index (χ2n) is 5.51. The van der Waals surface area contributed by atoms with Crippen LogP contribution in [0.5, 0.6) is 0 Å². The zero-order chi connectivity index (χ0) is 14.5. The van der Waals surface area contributed by atoms with E-state index in [4.69, 9.17) is 11.6 Å². The maximum Gasteiger partial charge on any atom is 0.0596 e. The summed E-state index contributed by atoms with van der Waals surface area (Å²) < 4.78 is 2.09. The zero-order valence-corrected chi connectivity index (χ0v) is 13.3. The second kappa shape index (κ2) is 6.94. The van der Waals surface area contributed by atoms with Crippen LogP contribution in [-0.4, -0.2) is 15.7 Å². The summed E-state index contributed by atoms with van der Waals surface area (Å²) in [5, 5.41) is 4.51. The molecule has 0 spiro atoms. The Morgan fingerprint density at radius 2 is 2.00 bits per heavy atom. The van der Waals surface area contributed by atoms with Crippen molar-refractivity contribution in [2.45, 2.75) is 40.2 Å². The fourth-order valence-corrected chi connectivity index (χ4v) is 2.90. The molecule has 0 radical (unpaired) electrons. The van der Waals surface area contributed by atoms with Crippen molar-refractivity contribution >= 4 is 11.6 Å². The van der Waals surface area contributed by atoms with Gasteiger partial charge >= 0.3 is 0 Å². The van der Waals surface area contributed by atoms with E-state index in [2.05, 4.69) is 54.0 Å². The molecule has 0 amide bonds. The molecule has 0 aliphatic rings. The van der Waals surface area contributed by atoms with Crippen LogP contribution in [0.4, 0.5) is 0 Å². The Kier molecular flexibility index (Phi) is 5.24. The van der Waals surface area contributed by atoms with Gasteiger partial charge in [-0.2, -0.15) is 5.10 Å². The van der Waals surface area contributed by atoms with Gasteiger partial charge in [0.2, 0.25) is 0 Å². The lowest BCUT2D eigenvalue weighted by molar-refractivity contribution is 0.531. The van der Waals surface area contributed by atoms with Crippen LogP contribution in [0.3, 0.4) is 0 Å². The summed E-state index contributed by atoms with van der Waals surface area (Å²) in [6.07, 6.45) is 2.02. The first kappa shape index (κ1) is 15.1. The van der Waals surface area contributed by atoms with Crippen LogP contribution in [0.15, 0.2) is 30.3 Å². The van der Waals surface area contributed by atoms with E-state index in [1.807, 2.05) is 6.92 Å². The lowest BCUT2D eigenvalue weighted by Crippen LogP contribution is -2.14. The number of halogens is 1. The highest BCUT2D eigenvalue weighted by atomic mass is 35.5. The molecule has 1 aromatic heterocycles. The van der Waals surface area contributed by atoms with E-state index in [0.717, 1.165) is 25.1 Å². The molecule has 108 valence electrons. The summed E-state index contributed by atoms with van der Waals surface area (Å²) >= 11 is 6.18. The minimum Gasteiger partial charge on any atom is -0.270 e. The average molecular weight is 291 g/mol. The lowest BCUT2D eigenvalue weighted by Gasteiger charge is -2.15. The predicted molar refractivity (Wildman–Crippen MR) is 85.4 cm³/mol. The van der Waals surface area contributed by atoms with Crippen molar-refractivity contribution in [3.05, 3.63) is 52.8 Å². The summed E-state index contributed by atoms with van der Waals surface area (Å²) in [5.41, 5.74) is 5.06. The number of hydrogen-bond acceptors (Lipinski definition) is 1. The molecule has 3 heteroatoms. The highest BCUT2D eigenvalue weighted by molar-refractivity contribution is 6.18. The number of nitrogens with zero attached hydrogens (tertiary/aromatic N) is 2. The Morgan fingerprint density at radius 3 is 2.65 bits per heavy atom. The van der Waals surface area contributed by atoms with Crippen LogP contribution in [0, 0.1) is 19.8 Å². The van der Waals surface area contributed by atoms with Crippen molar-refractivity contribution in [3.63, 3.8) is 0 Å². The van der Waals surface area contributed by atoms with Gasteiger partial charge in [-0.25, -0.2) is 0 Å². The van der Waals surface area contributed by atoms with Gasteiger partial charge in [-0.1, -0.05) is 29.8 Å². The number of alkyl halides is 1. The normalized spacial score (nSPS) is 12.6. The Bertz CT molecular complexity index is 560. The number of benzene rings is 1. The van der Waals surface area contributed by atoms with E-state index in [1.165, 1.54) is 16.8 Å². The monoisotopic (exact) mass is 290 g/mol. The van der Waals surface area contributed by atoms with Crippen LogP contribution < -0.4 is 0 Å². The largest absolute Gasteiger partial charge is 0.270 e. The molecule has 0 aliphatic heterocycles. The van der Waals surface area contributed by atoms with Crippen molar-refractivity contribution in [1.82, 2.24) is 9.78 Å². The lowest BCUT2D eigenvalue weighted by atomic mass is 9.95. The number of rotatable bonds is 6. The number of aryl methyl sites for hydroxylation is 3. The second-order valence-corrected chi connectivity index (χ2v) is 5.82. The van der Waals surface area contributed by atoms with Gasteiger partial charge in [0.05, 0.1) is 5.69 Å². The molecule has 1 unspecified atom stereocenters. The first-order valence-electron chi connectivity index (χ1n) is 7.27. The van der Waals surface area contributed by atoms with Gasteiger partial charge in [-0.3, -0.25) is 4.68 Å². The quantitative estimate of drug-likeness (QED) is 0.731. The van der Waals surface area contributed by atoms with E-state index in [-0.39, 0.29) is 0 Å². The molecule has 2 nitrogen and oxygen atoms in total. The Hall–Kier alpha value is -1.28. The van der Waals surface area contributed by atoms with Gasteiger partial charge < -0.3 is 0 Å². The molecule has 0 saturated heterocycles. The molecule has 20 heavy (non-hydrogen) atoms. The summed E-state index contributed by atoms with van der Waals surface area (Å²) in [7, 11) is 0. The molecular formula is C17H23ClN2.